The third-order valence-electron chi connectivity index (χ3n) is 3.56. The molecule has 0 atom stereocenters. The topological polar surface area (TPSA) is 46.2 Å². The third-order valence-corrected chi connectivity index (χ3v) is 4.69. The highest BCUT2D eigenvalue weighted by Crippen LogP contribution is 2.40. The smallest absolute Gasteiger partial charge is 0.256 e. The minimum Gasteiger partial charge on any atom is -0.324 e. The van der Waals surface area contributed by atoms with Gasteiger partial charge in [0, 0.05) is 23.0 Å². The van der Waals surface area contributed by atoms with Crippen LogP contribution in [0.25, 0.3) is 11.6 Å². The highest BCUT2D eigenvalue weighted by molar-refractivity contribution is 7.61. The van der Waals surface area contributed by atoms with Crippen molar-refractivity contribution in [2.24, 2.45) is 0 Å². The molecule has 2 aromatic rings. The number of nitrogens with one attached hydrogen (secondary N) is 1. The van der Waals surface area contributed by atoms with E-state index >= 15 is 0 Å². The van der Waals surface area contributed by atoms with Gasteiger partial charge in [0.2, 0.25) is 0 Å². The maximum Gasteiger partial charge on any atom is 0.256 e. The normalized spacial score (nSPS) is 15.7. The van der Waals surface area contributed by atoms with Crippen LogP contribution in [-0.2, 0) is 15.5 Å². The first-order valence-corrected chi connectivity index (χ1v) is 9.96. The number of rotatable bonds is 3. The lowest BCUT2D eigenvalue weighted by Crippen LogP contribution is -2.03. The lowest BCUT2D eigenvalue weighted by molar-refractivity contribution is -0.110. The summed E-state index contributed by atoms with van der Waals surface area (Å²) in [5.41, 5.74) is 4.50. The number of amides is 1. The Labute approximate surface area is 130 Å². The number of hydrogen-bond donors (Lipinski definition) is 1. The monoisotopic (exact) mass is 311 g/mol. The summed E-state index contributed by atoms with van der Waals surface area (Å²) >= 11 is 0. The highest BCUT2D eigenvalue weighted by Gasteiger charge is 2.23. The summed E-state index contributed by atoms with van der Waals surface area (Å²) < 4.78 is 11.9. The molecule has 0 radical (unpaired) electrons. The SMILES string of the molecule is CP(C)(=O)Cc1ccc(/C=C2\C(=O)Nc3ccccc32)cc1. The van der Waals surface area contributed by atoms with Crippen LogP contribution in [0.1, 0.15) is 16.7 Å². The van der Waals surface area contributed by atoms with E-state index in [1.807, 2.05) is 54.6 Å². The Balaban J connectivity index is 1.90. The van der Waals surface area contributed by atoms with Gasteiger partial charge >= 0.3 is 0 Å². The van der Waals surface area contributed by atoms with Crippen LogP contribution in [0.2, 0.25) is 0 Å². The Hall–Kier alpha value is -2.12. The summed E-state index contributed by atoms with van der Waals surface area (Å²) in [6.45, 7) is 3.59. The molecule has 0 bridgehead atoms. The number of carbonyl (C=O) groups is 1. The summed E-state index contributed by atoms with van der Waals surface area (Å²) in [6.07, 6.45) is 2.50. The molecule has 3 nitrogen and oxygen atoms in total. The molecule has 22 heavy (non-hydrogen) atoms. The van der Waals surface area contributed by atoms with Gasteiger partial charge in [-0.2, -0.15) is 0 Å². The maximum absolute atomic E-state index is 12.1. The molecule has 0 fully saturated rings. The maximum atomic E-state index is 12.1. The zero-order chi connectivity index (χ0) is 15.7. The predicted molar refractivity (Wildman–Crippen MR) is 92.5 cm³/mol. The Bertz CT molecular complexity index is 800. The molecule has 0 aromatic heterocycles. The van der Waals surface area contributed by atoms with Crippen LogP contribution in [0.5, 0.6) is 0 Å². The molecular formula is C18H18NO2P. The summed E-state index contributed by atoms with van der Waals surface area (Å²) in [7, 11) is -2.06. The van der Waals surface area contributed by atoms with E-state index in [0.29, 0.717) is 11.7 Å². The predicted octanol–water partition coefficient (Wildman–Crippen LogP) is 4.30. The second kappa shape index (κ2) is 5.58. The van der Waals surface area contributed by atoms with Crippen LogP contribution in [-0.4, -0.2) is 19.2 Å². The van der Waals surface area contributed by atoms with Gasteiger partial charge in [-0.15, -0.1) is 0 Å². The van der Waals surface area contributed by atoms with Crippen molar-refractivity contribution in [3.8, 4) is 0 Å². The van der Waals surface area contributed by atoms with Gasteiger partial charge < -0.3 is 9.88 Å². The van der Waals surface area contributed by atoms with Crippen LogP contribution < -0.4 is 5.32 Å². The van der Waals surface area contributed by atoms with Gasteiger partial charge in [0.15, 0.2) is 0 Å². The quantitative estimate of drug-likeness (QED) is 0.678. The van der Waals surface area contributed by atoms with Crippen molar-refractivity contribution in [2.75, 3.05) is 18.6 Å². The standard InChI is InChI=1S/C18H18NO2P/c1-22(2,21)12-14-9-7-13(8-10-14)11-16-15-5-3-4-6-17(15)19-18(16)20/h3-11H,12H2,1-2H3,(H,19,20)/b16-11-. The lowest BCUT2D eigenvalue weighted by Gasteiger charge is -2.06. The molecule has 1 aliphatic heterocycles. The molecule has 0 aliphatic carbocycles. The average molecular weight is 311 g/mol. The van der Waals surface area contributed by atoms with E-state index in [1.165, 1.54) is 0 Å². The molecule has 3 rings (SSSR count). The van der Waals surface area contributed by atoms with E-state index in [-0.39, 0.29) is 5.91 Å². The van der Waals surface area contributed by atoms with E-state index < -0.39 is 7.14 Å². The molecule has 1 amide bonds. The third kappa shape index (κ3) is 3.20. The Morgan fingerprint density at radius 1 is 1.05 bits per heavy atom. The first-order chi connectivity index (χ1) is 10.4. The molecule has 0 saturated heterocycles. The van der Waals surface area contributed by atoms with E-state index in [0.717, 1.165) is 22.4 Å². The van der Waals surface area contributed by atoms with Gasteiger partial charge in [-0.25, -0.2) is 0 Å². The molecule has 0 spiro atoms. The van der Waals surface area contributed by atoms with Crippen molar-refractivity contribution in [3.63, 3.8) is 0 Å². The van der Waals surface area contributed by atoms with Gasteiger partial charge in [0.1, 0.15) is 0 Å². The first-order valence-electron chi connectivity index (χ1n) is 7.18. The van der Waals surface area contributed by atoms with Gasteiger partial charge in [0.05, 0.1) is 7.14 Å². The van der Waals surface area contributed by atoms with Gasteiger partial charge in [0.25, 0.3) is 5.91 Å². The zero-order valence-electron chi connectivity index (χ0n) is 12.7. The number of hydrogen-bond acceptors (Lipinski definition) is 2. The fourth-order valence-corrected chi connectivity index (χ4v) is 3.70. The molecular weight excluding hydrogens is 293 g/mol. The van der Waals surface area contributed by atoms with E-state index in [1.54, 1.807) is 13.3 Å². The van der Waals surface area contributed by atoms with E-state index in [9.17, 15) is 9.36 Å². The number of benzene rings is 2. The van der Waals surface area contributed by atoms with Crippen LogP contribution >= 0.6 is 7.14 Å². The highest BCUT2D eigenvalue weighted by atomic mass is 31.2. The van der Waals surface area contributed by atoms with Crippen molar-refractivity contribution >= 4 is 30.4 Å². The van der Waals surface area contributed by atoms with Crippen molar-refractivity contribution in [2.45, 2.75) is 6.16 Å². The molecule has 0 saturated carbocycles. The summed E-state index contributed by atoms with van der Waals surface area (Å²) in [5, 5.41) is 2.87. The summed E-state index contributed by atoms with van der Waals surface area (Å²) in [6, 6.07) is 15.6. The molecule has 1 heterocycles. The lowest BCUT2D eigenvalue weighted by atomic mass is 10.0. The van der Waals surface area contributed by atoms with E-state index in [2.05, 4.69) is 5.32 Å². The fourth-order valence-electron chi connectivity index (χ4n) is 2.61. The second-order valence-electron chi connectivity index (χ2n) is 6.03. The zero-order valence-corrected chi connectivity index (χ0v) is 13.6. The number of anilines is 1. The minimum atomic E-state index is -2.06. The van der Waals surface area contributed by atoms with Crippen LogP contribution in [0, 0.1) is 0 Å². The van der Waals surface area contributed by atoms with Crippen LogP contribution in [0.15, 0.2) is 48.5 Å². The van der Waals surface area contributed by atoms with E-state index in [4.69, 9.17) is 0 Å². The van der Waals surface area contributed by atoms with Gasteiger partial charge in [-0.1, -0.05) is 42.5 Å². The molecule has 0 unspecified atom stereocenters. The minimum absolute atomic E-state index is 0.0723. The molecule has 112 valence electrons. The first kappa shape index (κ1) is 14.8. The van der Waals surface area contributed by atoms with Crippen molar-refractivity contribution in [1.82, 2.24) is 0 Å². The van der Waals surface area contributed by atoms with Crippen LogP contribution in [0.4, 0.5) is 5.69 Å². The number of fused-ring (bicyclic) bond motifs is 1. The molecule has 1 aliphatic rings. The Kier molecular flexibility index (Phi) is 3.76. The Morgan fingerprint density at radius 3 is 2.41 bits per heavy atom. The van der Waals surface area contributed by atoms with Crippen molar-refractivity contribution < 1.29 is 9.36 Å². The Morgan fingerprint density at radius 2 is 1.73 bits per heavy atom. The van der Waals surface area contributed by atoms with Crippen LogP contribution in [0.3, 0.4) is 0 Å². The summed E-state index contributed by atoms with van der Waals surface area (Å²) in [5.74, 6) is -0.0723. The largest absolute Gasteiger partial charge is 0.324 e. The molecule has 2 aromatic carbocycles. The van der Waals surface area contributed by atoms with Gasteiger partial charge in [-0.3, -0.25) is 4.79 Å². The fraction of sp³-hybridized carbons (Fsp3) is 0.167. The van der Waals surface area contributed by atoms with Gasteiger partial charge in [-0.05, 0) is 36.6 Å². The van der Waals surface area contributed by atoms with Crippen molar-refractivity contribution in [3.05, 3.63) is 65.2 Å². The summed E-state index contributed by atoms with van der Waals surface area (Å²) in [4.78, 5) is 12.1. The van der Waals surface area contributed by atoms with Crippen molar-refractivity contribution in [1.29, 1.82) is 0 Å². The number of carbonyl (C=O) groups excluding carboxylic acids is 1. The molecule has 4 heteroatoms. The second-order valence-corrected chi connectivity index (χ2v) is 9.50. The number of para-hydroxylation sites is 1. The average Bonchev–Trinajstić information content (AvgIpc) is 2.76. The molecule has 1 N–H and O–H groups in total.